The normalized spacial score (nSPS) is 11.8. The third-order valence-electron chi connectivity index (χ3n) is 12.4. The Balaban J connectivity index is 1.11. The summed E-state index contributed by atoms with van der Waals surface area (Å²) in [7, 11) is 0. The summed E-state index contributed by atoms with van der Waals surface area (Å²) in [5, 5.41) is 7.62. The molecule has 10 aromatic rings. The zero-order valence-electron chi connectivity index (χ0n) is 33.6. The minimum atomic E-state index is 0.419. The van der Waals surface area contributed by atoms with E-state index in [0.29, 0.717) is 5.92 Å². The van der Waals surface area contributed by atoms with Crippen molar-refractivity contribution in [3.05, 3.63) is 211 Å². The Kier molecular flexibility index (Phi) is 8.31. The smallest absolute Gasteiger partial charge is 0.0493 e. The van der Waals surface area contributed by atoms with Gasteiger partial charge in [0.05, 0.1) is 0 Å². The summed E-state index contributed by atoms with van der Waals surface area (Å²) in [6, 6.07) is 74.2. The second kappa shape index (κ2) is 14.0. The van der Waals surface area contributed by atoms with Crippen LogP contribution < -0.4 is 4.90 Å². The lowest BCUT2D eigenvalue weighted by Crippen LogP contribution is -2.12. The second-order valence-electron chi connectivity index (χ2n) is 16.4. The van der Waals surface area contributed by atoms with Gasteiger partial charge in [-0.2, -0.15) is 0 Å². The van der Waals surface area contributed by atoms with Crippen molar-refractivity contribution in [1.29, 1.82) is 0 Å². The first-order valence-corrected chi connectivity index (χ1v) is 20.8. The van der Waals surface area contributed by atoms with Crippen molar-refractivity contribution >= 4 is 49.4 Å². The number of nitrogens with zero attached hydrogens (tertiary/aromatic N) is 1. The van der Waals surface area contributed by atoms with E-state index in [9.17, 15) is 0 Å². The van der Waals surface area contributed by atoms with Crippen LogP contribution in [-0.4, -0.2) is 0 Å². The zero-order chi connectivity index (χ0) is 39.6. The molecule has 1 nitrogen and oxygen atoms in total. The minimum Gasteiger partial charge on any atom is -0.310 e. The van der Waals surface area contributed by atoms with Crippen molar-refractivity contribution < 1.29 is 0 Å². The summed E-state index contributed by atoms with van der Waals surface area (Å²) < 4.78 is 0. The third kappa shape index (κ3) is 5.84. The number of rotatable bonds is 7. The van der Waals surface area contributed by atoms with Gasteiger partial charge in [-0.05, 0) is 167 Å². The number of hydrogen-bond donors (Lipinski definition) is 0. The zero-order valence-corrected chi connectivity index (χ0v) is 33.6. The molecule has 0 saturated carbocycles. The number of anilines is 3. The van der Waals surface area contributed by atoms with Crippen LogP contribution >= 0.6 is 0 Å². The molecular formula is C58H43N. The molecule has 0 fully saturated rings. The number of fused-ring (bicyclic) bond motifs is 7. The van der Waals surface area contributed by atoms with E-state index >= 15 is 0 Å². The molecule has 0 heterocycles. The highest BCUT2D eigenvalue weighted by atomic mass is 15.1. The maximum absolute atomic E-state index is 2.48. The van der Waals surface area contributed by atoms with E-state index in [-0.39, 0.29) is 0 Å². The van der Waals surface area contributed by atoms with E-state index in [1.807, 2.05) is 0 Å². The van der Waals surface area contributed by atoms with Gasteiger partial charge in [-0.15, -0.1) is 0 Å². The Morgan fingerprint density at radius 1 is 0.356 bits per heavy atom. The first-order valence-electron chi connectivity index (χ1n) is 20.8. The summed E-state index contributed by atoms with van der Waals surface area (Å²) in [6.07, 6.45) is 0. The van der Waals surface area contributed by atoms with Gasteiger partial charge in [0.25, 0.3) is 0 Å². The Hall–Kier alpha value is -7.22. The van der Waals surface area contributed by atoms with Gasteiger partial charge in [0, 0.05) is 17.1 Å². The van der Waals surface area contributed by atoms with Gasteiger partial charge in [-0.3, -0.25) is 0 Å². The van der Waals surface area contributed by atoms with Crippen LogP contribution in [-0.2, 0) is 0 Å². The molecule has 0 radical (unpaired) electrons. The van der Waals surface area contributed by atoms with Crippen LogP contribution in [0.3, 0.4) is 0 Å². The first kappa shape index (κ1) is 35.0. The Labute approximate surface area is 346 Å². The average Bonchev–Trinajstić information content (AvgIpc) is 3.28. The third-order valence-corrected chi connectivity index (χ3v) is 12.4. The lowest BCUT2D eigenvalue weighted by Gasteiger charge is -2.30. The van der Waals surface area contributed by atoms with Gasteiger partial charge < -0.3 is 4.90 Å². The molecule has 280 valence electrons. The van der Waals surface area contributed by atoms with Crippen LogP contribution in [0.25, 0.3) is 88.0 Å². The molecule has 0 N–H and O–H groups in total. The van der Waals surface area contributed by atoms with E-state index in [1.54, 1.807) is 0 Å². The van der Waals surface area contributed by atoms with E-state index in [0.717, 1.165) is 11.4 Å². The van der Waals surface area contributed by atoms with Gasteiger partial charge in [0.1, 0.15) is 0 Å². The van der Waals surface area contributed by atoms with Crippen molar-refractivity contribution in [2.45, 2.75) is 26.7 Å². The van der Waals surface area contributed by atoms with Crippen molar-refractivity contribution in [1.82, 2.24) is 0 Å². The van der Waals surface area contributed by atoms with E-state index in [4.69, 9.17) is 0 Å². The quantitative estimate of drug-likeness (QED) is 0.147. The molecule has 0 amide bonds. The minimum absolute atomic E-state index is 0.419. The predicted molar refractivity (Wildman–Crippen MR) is 253 cm³/mol. The molecule has 0 bridgehead atoms. The standard InChI is InChI=1S/C58H43N/c1-37(2)42-27-26-38(3)56(34-42)59(46-23-15-22-43(30-46)39-16-7-4-8-17-39)47-29-28-44-32-50-51(33-45(44)31-47)53-36-55-54(35-52(50)53)57(40-18-9-5-10-19-40)48-24-13-14-25-49(48)58(55)41-20-11-6-12-21-41/h4-37H,1-3H3. The molecule has 0 spiro atoms. The molecule has 1 aliphatic carbocycles. The molecule has 0 atom stereocenters. The average molecular weight is 754 g/mol. The fourth-order valence-electron chi connectivity index (χ4n) is 9.42. The van der Waals surface area contributed by atoms with Gasteiger partial charge in [-0.1, -0.05) is 159 Å². The Bertz CT molecular complexity index is 3230. The molecular weight excluding hydrogens is 711 g/mol. The molecule has 11 rings (SSSR count). The summed E-state index contributed by atoms with van der Waals surface area (Å²) in [5.41, 5.74) is 18.8. The van der Waals surface area contributed by atoms with Crippen LogP contribution in [0.5, 0.6) is 0 Å². The van der Waals surface area contributed by atoms with Gasteiger partial charge in [0.2, 0.25) is 0 Å². The Morgan fingerprint density at radius 2 is 0.864 bits per heavy atom. The molecule has 59 heavy (non-hydrogen) atoms. The highest BCUT2D eigenvalue weighted by Crippen LogP contribution is 2.54. The predicted octanol–water partition coefficient (Wildman–Crippen LogP) is 16.7. The van der Waals surface area contributed by atoms with Crippen LogP contribution in [0, 0.1) is 6.92 Å². The van der Waals surface area contributed by atoms with Gasteiger partial charge in [-0.25, -0.2) is 0 Å². The molecule has 1 heteroatoms. The fraction of sp³-hybridized carbons (Fsp3) is 0.0690. The van der Waals surface area contributed by atoms with Crippen LogP contribution in [0.2, 0.25) is 0 Å². The number of aryl methyl sites for hydroxylation is 1. The van der Waals surface area contributed by atoms with Crippen LogP contribution in [0.15, 0.2) is 200 Å². The van der Waals surface area contributed by atoms with Gasteiger partial charge >= 0.3 is 0 Å². The van der Waals surface area contributed by atoms with Crippen molar-refractivity contribution in [2.24, 2.45) is 0 Å². The topological polar surface area (TPSA) is 3.24 Å². The lowest BCUT2D eigenvalue weighted by molar-refractivity contribution is 0.865. The monoisotopic (exact) mass is 753 g/mol. The maximum Gasteiger partial charge on any atom is 0.0493 e. The van der Waals surface area contributed by atoms with E-state index in [1.165, 1.54) is 105 Å². The van der Waals surface area contributed by atoms with Gasteiger partial charge in [0.15, 0.2) is 0 Å². The summed E-state index contributed by atoms with van der Waals surface area (Å²) in [4.78, 5) is 2.45. The molecule has 1 aliphatic rings. The maximum atomic E-state index is 2.48. The number of hydrogen-bond acceptors (Lipinski definition) is 1. The van der Waals surface area contributed by atoms with E-state index in [2.05, 4.69) is 226 Å². The highest BCUT2D eigenvalue weighted by Gasteiger charge is 2.27. The largest absolute Gasteiger partial charge is 0.310 e. The summed E-state index contributed by atoms with van der Waals surface area (Å²) in [6.45, 7) is 6.78. The second-order valence-corrected chi connectivity index (χ2v) is 16.4. The number of benzene rings is 10. The van der Waals surface area contributed by atoms with Crippen molar-refractivity contribution in [2.75, 3.05) is 4.90 Å². The van der Waals surface area contributed by atoms with Crippen molar-refractivity contribution in [3.8, 4) is 55.6 Å². The highest BCUT2D eigenvalue weighted by molar-refractivity contribution is 6.25. The van der Waals surface area contributed by atoms with E-state index < -0.39 is 0 Å². The lowest BCUT2D eigenvalue weighted by atomic mass is 9.75. The molecule has 10 aromatic carbocycles. The molecule has 0 saturated heterocycles. The summed E-state index contributed by atoms with van der Waals surface area (Å²) in [5.74, 6) is 0.419. The van der Waals surface area contributed by atoms with Crippen molar-refractivity contribution in [3.63, 3.8) is 0 Å². The van der Waals surface area contributed by atoms with Crippen LogP contribution in [0.1, 0.15) is 30.9 Å². The fourth-order valence-corrected chi connectivity index (χ4v) is 9.42. The summed E-state index contributed by atoms with van der Waals surface area (Å²) >= 11 is 0. The van der Waals surface area contributed by atoms with Crippen LogP contribution in [0.4, 0.5) is 17.1 Å². The first-order chi connectivity index (χ1) is 29.0. The SMILES string of the molecule is Cc1ccc(C(C)C)cc1N(c1cccc(-c2ccccc2)c1)c1ccc2cc3c(cc2c1)-c1cc2c(-c4ccccc4)c4ccccc4c(-c4ccccc4)c2cc1-3. The molecule has 0 unspecified atom stereocenters. The molecule has 0 aliphatic heterocycles. The Morgan fingerprint density at radius 3 is 1.46 bits per heavy atom. The molecule has 0 aromatic heterocycles.